The molecule has 0 aliphatic heterocycles. The zero-order chi connectivity index (χ0) is 27.4. The Morgan fingerprint density at radius 2 is 1.89 bits per heavy atom. The van der Waals surface area contributed by atoms with Crippen LogP contribution in [0.15, 0.2) is 59.8 Å². The molecule has 0 N–H and O–H groups in total. The van der Waals surface area contributed by atoms with Crippen LogP contribution in [-0.2, 0) is 6.61 Å². The number of hydrogen-bond donors (Lipinski definition) is 0. The number of ether oxygens (including phenoxy) is 2. The van der Waals surface area contributed by atoms with Crippen molar-refractivity contribution in [3.05, 3.63) is 104 Å². The molecular weight excluding hydrogens is 531 g/mol. The van der Waals surface area contributed by atoms with Crippen molar-refractivity contribution in [2.24, 2.45) is 0 Å². The normalized spacial score (nSPS) is 11.8. The van der Waals surface area contributed by atoms with Crippen LogP contribution < -0.4 is 9.47 Å². The van der Waals surface area contributed by atoms with Crippen molar-refractivity contribution in [1.82, 2.24) is 14.8 Å². The van der Waals surface area contributed by atoms with Crippen molar-refractivity contribution in [3.63, 3.8) is 0 Å². The third-order valence-corrected chi connectivity index (χ3v) is 7.46. The van der Waals surface area contributed by atoms with Gasteiger partial charge in [0.1, 0.15) is 23.5 Å². The fourth-order valence-electron chi connectivity index (χ4n) is 3.90. The summed E-state index contributed by atoms with van der Waals surface area (Å²) < 4.78 is 26.8. The van der Waals surface area contributed by atoms with Crippen molar-refractivity contribution in [2.45, 2.75) is 37.8 Å². The summed E-state index contributed by atoms with van der Waals surface area (Å²) in [6.07, 6.45) is 0. The minimum atomic E-state index is -0.650. The first-order chi connectivity index (χ1) is 18.2. The highest BCUT2D eigenvalue weighted by Crippen LogP contribution is 2.43. The Hall–Kier alpha value is -3.63. The number of methoxy groups -OCH3 is 1. The summed E-state index contributed by atoms with van der Waals surface area (Å²) in [7, 11) is 1.46. The zero-order valence-corrected chi connectivity index (χ0v) is 22.8. The Bertz CT molecular complexity index is 1480. The summed E-state index contributed by atoms with van der Waals surface area (Å²) in [6.45, 7) is 5.57. The summed E-state index contributed by atoms with van der Waals surface area (Å²) in [5, 5.41) is 20.2. The molecule has 0 saturated heterocycles. The van der Waals surface area contributed by atoms with Crippen molar-refractivity contribution in [3.8, 4) is 17.2 Å². The Kier molecular flexibility index (Phi) is 8.53. The SMILES string of the molecule is COc1cc([C@H](C[N+](=O)[O-])Sc2nnc(C)n2-c2ccc(C)c(C)c2)cc(Cl)c1OCc1cccc(F)c1. The lowest BCUT2D eigenvalue weighted by molar-refractivity contribution is -0.479. The van der Waals surface area contributed by atoms with Crippen LogP contribution >= 0.6 is 23.4 Å². The molecule has 0 bridgehead atoms. The Morgan fingerprint density at radius 3 is 2.58 bits per heavy atom. The van der Waals surface area contributed by atoms with Gasteiger partial charge in [0.05, 0.1) is 12.1 Å². The molecule has 8 nitrogen and oxygen atoms in total. The Morgan fingerprint density at radius 1 is 1.11 bits per heavy atom. The van der Waals surface area contributed by atoms with E-state index in [1.807, 2.05) is 43.5 Å². The second-order valence-electron chi connectivity index (χ2n) is 8.71. The third kappa shape index (κ3) is 6.25. The summed E-state index contributed by atoms with van der Waals surface area (Å²) in [5.41, 5.74) is 4.32. The minimum absolute atomic E-state index is 0.0681. The highest BCUT2D eigenvalue weighted by atomic mass is 35.5. The highest BCUT2D eigenvalue weighted by molar-refractivity contribution is 7.99. The van der Waals surface area contributed by atoms with Gasteiger partial charge in [-0.25, -0.2) is 4.39 Å². The first-order valence-corrected chi connectivity index (χ1v) is 12.9. The molecular formula is C27H26ClFN4O4S. The van der Waals surface area contributed by atoms with Gasteiger partial charge in [-0.1, -0.05) is 41.6 Å². The molecule has 0 saturated carbocycles. The van der Waals surface area contributed by atoms with E-state index in [1.54, 1.807) is 24.3 Å². The van der Waals surface area contributed by atoms with E-state index in [2.05, 4.69) is 10.2 Å². The van der Waals surface area contributed by atoms with Crippen LogP contribution in [0, 0.1) is 36.7 Å². The standard InChI is InChI=1S/C27H26ClFN4O4S/c1-16-8-9-22(10-17(16)2)33-18(3)30-31-27(33)38-25(14-32(34)35)20-12-23(28)26(24(13-20)36-4)37-15-19-6-5-7-21(29)11-19/h5-13,25H,14-15H2,1-4H3/t25-/m0/s1. The molecule has 4 rings (SSSR count). The number of aromatic nitrogens is 3. The van der Waals surface area contributed by atoms with Crippen LogP contribution in [0.3, 0.4) is 0 Å². The maximum Gasteiger partial charge on any atom is 0.220 e. The number of aryl methyl sites for hydroxylation is 3. The number of rotatable bonds is 10. The second kappa shape index (κ2) is 11.8. The minimum Gasteiger partial charge on any atom is -0.493 e. The maximum absolute atomic E-state index is 13.5. The Labute approximate surface area is 228 Å². The molecule has 0 fully saturated rings. The van der Waals surface area contributed by atoms with Gasteiger partial charge in [0.2, 0.25) is 6.54 Å². The number of halogens is 2. The lowest BCUT2D eigenvalue weighted by atomic mass is 10.1. The van der Waals surface area contributed by atoms with E-state index >= 15 is 0 Å². The van der Waals surface area contributed by atoms with E-state index in [9.17, 15) is 14.5 Å². The van der Waals surface area contributed by atoms with Gasteiger partial charge in [0, 0.05) is 10.6 Å². The van der Waals surface area contributed by atoms with Gasteiger partial charge in [-0.2, -0.15) is 0 Å². The van der Waals surface area contributed by atoms with Gasteiger partial charge in [0.15, 0.2) is 16.7 Å². The molecule has 1 atom stereocenters. The number of nitrogens with zero attached hydrogens (tertiary/aromatic N) is 4. The van der Waals surface area contributed by atoms with Crippen molar-refractivity contribution < 1.29 is 18.8 Å². The Balaban J connectivity index is 1.66. The molecule has 0 spiro atoms. The first kappa shape index (κ1) is 27.4. The molecule has 1 heterocycles. The smallest absolute Gasteiger partial charge is 0.220 e. The summed E-state index contributed by atoms with van der Waals surface area (Å²) in [5.74, 6) is 0.862. The molecule has 1 aromatic heterocycles. The van der Waals surface area contributed by atoms with E-state index in [4.69, 9.17) is 21.1 Å². The predicted octanol–water partition coefficient (Wildman–Crippen LogP) is 6.68. The summed E-state index contributed by atoms with van der Waals surface area (Å²) in [6, 6.07) is 15.3. The van der Waals surface area contributed by atoms with E-state index in [-0.39, 0.29) is 34.7 Å². The van der Waals surface area contributed by atoms with Crippen LogP contribution in [0.2, 0.25) is 5.02 Å². The second-order valence-corrected chi connectivity index (χ2v) is 10.3. The monoisotopic (exact) mass is 556 g/mol. The average molecular weight is 557 g/mol. The van der Waals surface area contributed by atoms with Crippen molar-refractivity contribution in [2.75, 3.05) is 13.7 Å². The van der Waals surface area contributed by atoms with Crippen LogP contribution in [0.25, 0.3) is 5.69 Å². The zero-order valence-electron chi connectivity index (χ0n) is 21.3. The van der Waals surface area contributed by atoms with Crippen LogP contribution in [0.4, 0.5) is 4.39 Å². The van der Waals surface area contributed by atoms with Crippen LogP contribution in [-0.4, -0.2) is 33.3 Å². The van der Waals surface area contributed by atoms with Gasteiger partial charge in [-0.05, 0) is 79.4 Å². The summed E-state index contributed by atoms with van der Waals surface area (Å²) in [4.78, 5) is 11.3. The quantitative estimate of drug-likeness (QED) is 0.122. The number of thioether (sulfide) groups is 1. The van der Waals surface area contributed by atoms with Gasteiger partial charge in [0.25, 0.3) is 0 Å². The molecule has 0 aliphatic carbocycles. The number of hydrogen-bond acceptors (Lipinski definition) is 7. The lowest BCUT2D eigenvalue weighted by Crippen LogP contribution is -2.12. The predicted molar refractivity (Wildman–Crippen MR) is 145 cm³/mol. The highest BCUT2D eigenvalue weighted by Gasteiger charge is 2.26. The molecule has 0 unspecified atom stereocenters. The molecule has 3 aromatic carbocycles. The van der Waals surface area contributed by atoms with E-state index < -0.39 is 5.25 Å². The number of benzene rings is 3. The first-order valence-electron chi connectivity index (χ1n) is 11.7. The largest absolute Gasteiger partial charge is 0.493 e. The molecule has 198 valence electrons. The van der Waals surface area contributed by atoms with Crippen molar-refractivity contribution >= 4 is 23.4 Å². The van der Waals surface area contributed by atoms with Crippen molar-refractivity contribution in [1.29, 1.82) is 0 Å². The number of nitro groups is 1. The molecule has 11 heteroatoms. The third-order valence-electron chi connectivity index (χ3n) is 6.00. The van der Waals surface area contributed by atoms with E-state index in [1.165, 1.54) is 31.0 Å². The van der Waals surface area contributed by atoms with Crippen LogP contribution in [0.5, 0.6) is 11.5 Å². The van der Waals surface area contributed by atoms with Crippen LogP contribution in [0.1, 0.15) is 33.3 Å². The van der Waals surface area contributed by atoms with Gasteiger partial charge < -0.3 is 9.47 Å². The van der Waals surface area contributed by atoms with E-state index in [0.29, 0.717) is 27.9 Å². The van der Waals surface area contributed by atoms with Gasteiger partial charge >= 0.3 is 0 Å². The fraction of sp³-hybridized carbons (Fsp3) is 0.259. The summed E-state index contributed by atoms with van der Waals surface area (Å²) >= 11 is 7.79. The lowest BCUT2D eigenvalue weighted by Gasteiger charge is -2.18. The topological polar surface area (TPSA) is 92.3 Å². The van der Waals surface area contributed by atoms with E-state index in [0.717, 1.165) is 16.8 Å². The molecule has 38 heavy (non-hydrogen) atoms. The molecule has 0 aliphatic rings. The molecule has 0 amide bonds. The average Bonchev–Trinajstić information content (AvgIpc) is 3.23. The molecule has 0 radical (unpaired) electrons. The van der Waals surface area contributed by atoms with Gasteiger partial charge in [-0.3, -0.25) is 14.7 Å². The van der Waals surface area contributed by atoms with Gasteiger partial charge in [-0.15, -0.1) is 10.2 Å². The fourth-order valence-corrected chi connectivity index (χ4v) is 5.33. The maximum atomic E-state index is 13.5. The molecule has 4 aromatic rings.